The fourth-order valence-corrected chi connectivity index (χ4v) is 3.77. The Balaban J connectivity index is 2.00. The molecular formula is C28H35NO2. The largest absolute Gasteiger partial charge is 0.458 e. The minimum Gasteiger partial charge on any atom is -0.458 e. The molecule has 1 atom stereocenters. The van der Waals surface area contributed by atoms with Gasteiger partial charge in [-0.3, -0.25) is 4.99 Å². The van der Waals surface area contributed by atoms with E-state index in [4.69, 9.17) is 9.73 Å². The lowest BCUT2D eigenvalue weighted by molar-refractivity contribution is -0.156. The topological polar surface area (TPSA) is 38.7 Å². The van der Waals surface area contributed by atoms with E-state index < -0.39 is 11.6 Å². The molecule has 3 heteroatoms. The van der Waals surface area contributed by atoms with E-state index in [1.807, 2.05) is 81.4 Å². The van der Waals surface area contributed by atoms with E-state index in [-0.39, 0.29) is 5.97 Å². The van der Waals surface area contributed by atoms with Crippen LogP contribution in [0.15, 0.2) is 77.3 Å². The van der Waals surface area contributed by atoms with Crippen molar-refractivity contribution in [1.82, 2.24) is 0 Å². The van der Waals surface area contributed by atoms with Gasteiger partial charge in [0.05, 0.1) is 5.71 Å². The number of rotatable bonds is 6. The van der Waals surface area contributed by atoms with Crippen LogP contribution in [0.4, 0.5) is 0 Å². The van der Waals surface area contributed by atoms with E-state index in [1.165, 1.54) is 5.57 Å². The van der Waals surface area contributed by atoms with Gasteiger partial charge in [-0.25, -0.2) is 4.79 Å². The molecule has 1 aliphatic rings. The highest BCUT2D eigenvalue weighted by Gasteiger charge is 2.29. The number of hydrogen-bond acceptors (Lipinski definition) is 3. The second-order valence-corrected chi connectivity index (χ2v) is 10.2. The maximum Gasteiger partial charge on any atom is 0.331 e. The Morgan fingerprint density at radius 3 is 2.00 bits per heavy atom. The Morgan fingerprint density at radius 1 is 1.00 bits per heavy atom. The van der Waals surface area contributed by atoms with Gasteiger partial charge in [0.2, 0.25) is 0 Å². The van der Waals surface area contributed by atoms with E-state index >= 15 is 0 Å². The number of nitrogens with zero attached hydrogens (tertiary/aromatic N) is 1. The predicted octanol–water partition coefficient (Wildman–Crippen LogP) is 6.76. The van der Waals surface area contributed by atoms with Crippen LogP contribution in [0.2, 0.25) is 0 Å². The molecule has 1 aliphatic carbocycles. The molecule has 3 rings (SSSR count). The summed E-state index contributed by atoms with van der Waals surface area (Å²) in [5, 5.41) is 0. The maximum absolute atomic E-state index is 13.2. The van der Waals surface area contributed by atoms with E-state index in [9.17, 15) is 4.79 Å². The van der Waals surface area contributed by atoms with Gasteiger partial charge in [0, 0.05) is 17.5 Å². The molecule has 0 bridgehead atoms. The smallest absolute Gasteiger partial charge is 0.331 e. The summed E-state index contributed by atoms with van der Waals surface area (Å²) in [6.45, 7) is 10.3. The van der Waals surface area contributed by atoms with Crippen LogP contribution in [0.3, 0.4) is 0 Å². The Bertz CT molecular complexity index is 892. The molecule has 31 heavy (non-hydrogen) atoms. The molecule has 0 fully saturated rings. The van der Waals surface area contributed by atoms with Crippen LogP contribution in [0.5, 0.6) is 0 Å². The number of carbonyl (C=O) groups is 1. The normalized spacial score (nSPS) is 16.7. The van der Waals surface area contributed by atoms with Crippen LogP contribution >= 0.6 is 0 Å². The lowest BCUT2D eigenvalue weighted by Gasteiger charge is -2.30. The number of hydrogen-bond donors (Lipinski definition) is 0. The minimum absolute atomic E-state index is 0.261. The number of benzene rings is 2. The van der Waals surface area contributed by atoms with Crippen molar-refractivity contribution in [2.75, 3.05) is 0 Å². The predicted molar refractivity (Wildman–Crippen MR) is 128 cm³/mol. The van der Waals surface area contributed by atoms with E-state index in [0.29, 0.717) is 11.8 Å². The van der Waals surface area contributed by atoms with Crippen LogP contribution in [0.1, 0.15) is 71.4 Å². The standard InChI is InChI=1S/C28H35NO2/c1-27(2,3)31-26(30)24(20-21-16-18-28(4,5)19-17-21)29-25(22-12-8-6-9-13-22)23-14-10-7-11-15-23/h6-16,24H,17-20H2,1-5H3. The van der Waals surface area contributed by atoms with Crippen molar-refractivity contribution >= 4 is 11.7 Å². The highest BCUT2D eigenvalue weighted by molar-refractivity contribution is 6.13. The van der Waals surface area contributed by atoms with Crippen molar-refractivity contribution in [3.05, 3.63) is 83.4 Å². The molecule has 1 unspecified atom stereocenters. The van der Waals surface area contributed by atoms with E-state index in [0.717, 1.165) is 36.1 Å². The summed E-state index contributed by atoms with van der Waals surface area (Å²) >= 11 is 0. The molecule has 0 heterocycles. The van der Waals surface area contributed by atoms with Crippen LogP contribution < -0.4 is 0 Å². The number of ether oxygens (including phenoxy) is 1. The van der Waals surface area contributed by atoms with Gasteiger partial charge in [0.15, 0.2) is 6.04 Å². The zero-order valence-electron chi connectivity index (χ0n) is 19.5. The highest BCUT2D eigenvalue weighted by atomic mass is 16.6. The van der Waals surface area contributed by atoms with Gasteiger partial charge in [-0.15, -0.1) is 0 Å². The molecule has 2 aromatic rings. The first-order chi connectivity index (χ1) is 14.6. The first-order valence-corrected chi connectivity index (χ1v) is 11.2. The van der Waals surface area contributed by atoms with Crippen LogP contribution in [-0.2, 0) is 9.53 Å². The SMILES string of the molecule is CC1(C)CC=C(CC(N=C(c2ccccc2)c2ccccc2)C(=O)OC(C)(C)C)CC1. The summed E-state index contributed by atoms with van der Waals surface area (Å²) in [5.74, 6) is -0.261. The quantitative estimate of drug-likeness (QED) is 0.296. The Hall–Kier alpha value is -2.68. The average Bonchev–Trinajstić information content (AvgIpc) is 2.72. The monoisotopic (exact) mass is 417 g/mol. The van der Waals surface area contributed by atoms with Crippen LogP contribution in [0.25, 0.3) is 0 Å². The molecule has 0 aromatic heterocycles. The van der Waals surface area contributed by atoms with Gasteiger partial charge >= 0.3 is 5.97 Å². The fraction of sp³-hybridized carbons (Fsp3) is 0.429. The lowest BCUT2D eigenvalue weighted by atomic mass is 9.77. The van der Waals surface area contributed by atoms with Crippen LogP contribution in [0, 0.1) is 5.41 Å². The Labute approximate surface area is 187 Å². The summed E-state index contributed by atoms with van der Waals surface area (Å²) in [6.07, 6.45) is 6.09. The molecule has 0 amide bonds. The molecule has 2 aromatic carbocycles. The third kappa shape index (κ3) is 6.92. The summed E-state index contributed by atoms with van der Waals surface area (Å²) in [4.78, 5) is 18.2. The van der Waals surface area contributed by atoms with Crippen molar-refractivity contribution in [1.29, 1.82) is 0 Å². The van der Waals surface area contributed by atoms with Gasteiger partial charge < -0.3 is 4.74 Å². The molecule has 0 aliphatic heterocycles. The van der Waals surface area contributed by atoms with Crippen molar-refractivity contribution in [3.8, 4) is 0 Å². The molecule has 3 nitrogen and oxygen atoms in total. The first-order valence-electron chi connectivity index (χ1n) is 11.2. The summed E-state index contributed by atoms with van der Waals surface area (Å²) in [6, 6.07) is 19.6. The first kappa shape index (κ1) is 23.0. The third-order valence-corrected chi connectivity index (χ3v) is 5.58. The Morgan fingerprint density at radius 2 is 1.55 bits per heavy atom. The van der Waals surface area contributed by atoms with Gasteiger partial charge in [-0.1, -0.05) is 86.2 Å². The van der Waals surface area contributed by atoms with Crippen molar-refractivity contribution in [2.45, 2.75) is 71.9 Å². The summed E-state index contributed by atoms with van der Waals surface area (Å²) in [7, 11) is 0. The van der Waals surface area contributed by atoms with Crippen molar-refractivity contribution in [3.63, 3.8) is 0 Å². The summed E-state index contributed by atoms with van der Waals surface area (Å²) < 4.78 is 5.78. The molecule has 0 saturated carbocycles. The summed E-state index contributed by atoms with van der Waals surface area (Å²) in [5.41, 5.74) is 3.91. The van der Waals surface area contributed by atoms with Gasteiger partial charge in [0.25, 0.3) is 0 Å². The maximum atomic E-state index is 13.2. The third-order valence-electron chi connectivity index (χ3n) is 5.58. The van der Waals surface area contributed by atoms with E-state index in [2.05, 4.69) is 19.9 Å². The van der Waals surface area contributed by atoms with Crippen molar-refractivity contribution < 1.29 is 9.53 Å². The molecular weight excluding hydrogens is 382 g/mol. The zero-order chi connectivity index (χ0) is 22.5. The minimum atomic E-state index is -0.568. The molecule has 0 saturated heterocycles. The van der Waals surface area contributed by atoms with Gasteiger partial charge in [-0.05, 0) is 45.4 Å². The Kier molecular flexibility index (Phi) is 7.15. The average molecular weight is 418 g/mol. The van der Waals surface area contributed by atoms with E-state index in [1.54, 1.807) is 0 Å². The number of carbonyl (C=O) groups excluding carboxylic acids is 1. The number of aliphatic imine (C=N–C) groups is 1. The van der Waals surface area contributed by atoms with Crippen LogP contribution in [-0.4, -0.2) is 23.3 Å². The molecule has 0 radical (unpaired) electrons. The molecule has 0 N–H and O–H groups in total. The molecule has 164 valence electrons. The highest BCUT2D eigenvalue weighted by Crippen LogP contribution is 2.36. The number of allylic oxidation sites excluding steroid dienone is 1. The van der Waals surface area contributed by atoms with Gasteiger partial charge in [0.1, 0.15) is 5.60 Å². The fourth-order valence-electron chi connectivity index (χ4n) is 3.77. The van der Waals surface area contributed by atoms with Gasteiger partial charge in [-0.2, -0.15) is 0 Å². The lowest BCUT2D eigenvalue weighted by Crippen LogP contribution is -2.32. The second kappa shape index (κ2) is 9.64. The molecule has 0 spiro atoms. The zero-order valence-corrected chi connectivity index (χ0v) is 19.5. The van der Waals surface area contributed by atoms with Crippen molar-refractivity contribution in [2.24, 2.45) is 10.4 Å². The number of esters is 1. The second-order valence-electron chi connectivity index (χ2n) is 10.2.